The maximum Gasteiger partial charge on any atom is 0.251 e. The van der Waals surface area contributed by atoms with E-state index in [4.69, 9.17) is 10.5 Å². The Kier molecular flexibility index (Phi) is 4.80. The van der Waals surface area contributed by atoms with Gasteiger partial charge in [-0.25, -0.2) is 0 Å². The summed E-state index contributed by atoms with van der Waals surface area (Å²) >= 11 is 0. The van der Waals surface area contributed by atoms with Crippen LogP contribution in [-0.2, 0) is 9.53 Å². The number of likely N-dealkylation sites (tertiary alicyclic amines) is 1. The van der Waals surface area contributed by atoms with Crippen molar-refractivity contribution < 1.29 is 9.53 Å². The Morgan fingerprint density at radius 1 is 1.12 bits per heavy atom. The van der Waals surface area contributed by atoms with Crippen molar-refractivity contribution in [1.82, 2.24) is 4.90 Å². The minimum Gasteiger partial charge on any atom is -0.364 e. The van der Waals surface area contributed by atoms with Crippen molar-refractivity contribution in [3.05, 3.63) is 0 Å². The second kappa shape index (κ2) is 6.36. The van der Waals surface area contributed by atoms with Crippen LogP contribution in [0, 0.1) is 0 Å². The van der Waals surface area contributed by atoms with Crippen LogP contribution in [0.25, 0.3) is 0 Å². The van der Waals surface area contributed by atoms with Crippen molar-refractivity contribution in [3.63, 3.8) is 0 Å². The van der Waals surface area contributed by atoms with Crippen LogP contribution in [0.2, 0.25) is 0 Å². The molecule has 2 saturated heterocycles. The van der Waals surface area contributed by atoms with Crippen molar-refractivity contribution in [2.45, 2.75) is 57.2 Å². The highest BCUT2D eigenvalue weighted by Crippen LogP contribution is 2.22. The molecular weight excluding hydrogens is 216 g/mol. The van der Waals surface area contributed by atoms with Gasteiger partial charge < -0.3 is 15.4 Å². The standard InChI is InChI=1S/C13H24N2O2/c14-10-11-6-7-12(17-11)13(16)15-8-4-2-1-3-5-9-15/h11-12H,1-10,14H2/t11-,12+/m1/s1. The number of carbonyl (C=O) groups is 1. The van der Waals surface area contributed by atoms with Gasteiger partial charge in [0.15, 0.2) is 0 Å². The summed E-state index contributed by atoms with van der Waals surface area (Å²) in [5.41, 5.74) is 5.57. The van der Waals surface area contributed by atoms with Gasteiger partial charge in [-0.1, -0.05) is 19.3 Å². The van der Waals surface area contributed by atoms with Crippen LogP contribution in [0.1, 0.15) is 44.9 Å². The van der Waals surface area contributed by atoms with E-state index in [9.17, 15) is 4.79 Å². The highest BCUT2D eigenvalue weighted by atomic mass is 16.5. The number of carbonyl (C=O) groups excluding carboxylic acids is 1. The van der Waals surface area contributed by atoms with Crippen molar-refractivity contribution in [1.29, 1.82) is 0 Å². The Morgan fingerprint density at radius 2 is 1.76 bits per heavy atom. The molecule has 0 saturated carbocycles. The van der Waals surface area contributed by atoms with E-state index in [-0.39, 0.29) is 18.1 Å². The van der Waals surface area contributed by atoms with Crippen LogP contribution < -0.4 is 5.73 Å². The zero-order valence-electron chi connectivity index (χ0n) is 10.6. The van der Waals surface area contributed by atoms with E-state index in [1.165, 1.54) is 19.3 Å². The molecule has 0 aliphatic carbocycles. The van der Waals surface area contributed by atoms with E-state index in [1.54, 1.807) is 0 Å². The molecule has 0 unspecified atom stereocenters. The number of nitrogens with two attached hydrogens (primary N) is 1. The summed E-state index contributed by atoms with van der Waals surface area (Å²) in [6.45, 7) is 2.35. The predicted molar refractivity (Wildman–Crippen MR) is 66.6 cm³/mol. The molecule has 17 heavy (non-hydrogen) atoms. The Morgan fingerprint density at radius 3 is 2.35 bits per heavy atom. The summed E-state index contributed by atoms with van der Waals surface area (Å²) in [5, 5.41) is 0. The smallest absolute Gasteiger partial charge is 0.251 e. The Balaban J connectivity index is 1.85. The fraction of sp³-hybridized carbons (Fsp3) is 0.923. The molecule has 4 nitrogen and oxygen atoms in total. The molecule has 0 aromatic carbocycles. The lowest BCUT2D eigenvalue weighted by Gasteiger charge is -2.27. The van der Waals surface area contributed by atoms with Crippen LogP contribution in [0.4, 0.5) is 0 Å². The van der Waals surface area contributed by atoms with Gasteiger partial charge in [0.2, 0.25) is 0 Å². The quantitative estimate of drug-likeness (QED) is 0.791. The lowest BCUT2D eigenvalue weighted by Crippen LogP contribution is -2.41. The Bertz CT molecular complexity index is 250. The van der Waals surface area contributed by atoms with Gasteiger partial charge in [-0.15, -0.1) is 0 Å². The topological polar surface area (TPSA) is 55.6 Å². The van der Waals surface area contributed by atoms with Crippen molar-refractivity contribution in [2.75, 3.05) is 19.6 Å². The fourth-order valence-electron chi connectivity index (χ4n) is 2.73. The largest absolute Gasteiger partial charge is 0.364 e. The SMILES string of the molecule is NC[C@H]1CC[C@@H](C(=O)N2CCCCCCC2)O1. The second-order valence-electron chi connectivity index (χ2n) is 5.15. The molecule has 2 N–H and O–H groups in total. The molecule has 0 aromatic heterocycles. The molecule has 1 amide bonds. The maximum absolute atomic E-state index is 12.3. The number of rotatable bonds is 2. The van der Waals surface area contributed by atoms with E-state index >= 15 is 0 Å². The molecule has 2 aliphatic rings. The zero-order chi connectivity index (χ0) is 12.1. The molecule has 0 radical (unpaired) electrons. The van der Waals surface area contributed by atoms with Crippen LogP contribution >= 0.6 is 0 Å². The second-order valence-corrected chi connectivity index (χ2v) is 5.15. The van der Waals surface area contributed by atoms with Crippen LogP contribution in [-0.4, -0.2) is 42.6 Å². The fourth-order valence-corrected chi connectivity index (χ4v) is 2.73. The van der Waals surface area contributed by atoms with Gasteiger partial charge in [0.1, 0.15) is 6.10 Å². The van der Waals surface area contributed by atoms with Crippen molar-refractivity contribution in [2.24, 2.45) is 5.73 Å². The first-order chi connectivity index (χ1) is 8.31. The lowest BCUT2D eigenvalue weighted by atomic mass is 10.1. The molecule has 2 atom stereocenters. The number of nitrogens with zero attached hydrogens (tertiary/aromatic N) is 1. The van der Waals surface area contributed by atoms with E-state index < -0.39 is 0 Å². The number of amides is 1. The first-order valence-corrected chi connectivity index (χ1v) is 6.95. The first-order valence-electron chi connectivity index (χ1n) is 6.95. The minimum absolute atomic E-state index is 0.0960. The molecule has 2 heterocycles. The lowest BCUT2D eigenvalue weighted by molar-refractivity contribution is -0.143. The van der Waals surface area contributed by atoms with E-state index in [2.05, 4.69) is 0 Å². The monoisotopic (exact) mass is 240 g/mol. The first kappa shape index (κ1) is 12.8. The Labute approximate surface area is 103 Å². The molecule has 98 valence electrons. The third kappa shape index (κ3) is 3.42. The third-order valence-electron chi connectivity index (χ3n) is 3.81. The van der Waals surface area contributed by atoms with Gasteiger partial charge in [-0.3, -0.25) is 4.79 Å². The summed E-state index contributed by atoms with van der Waals surface area (Å²) in [7, 11) is 0. The highest BCUT2D eigenvalue weighted by Gasteiger charge is 2.32. The molecule has 2 fully saturated rings. The molecule has 4 heteroatoms. The molecule has 2 rings (SSSR count). The van der Waals surface area contributed by atoms with Gasteiger partial charge in [0.05, 0.1) is 6.10 Å². The maximum atomic E-state index is 12.3. The van der Waals surface area contributed by atoms with Gasteiger partial charge in [0, 0.05) is 19.6 Å². The van der Waals surface area contributed by atoms with E-state index in [0.29, 0.717) is 6.54 Å². The zero-order valence-corrected chi connectivity index (χ0v) is 10.6. The van der Waals surface area contributed by atoms with Gasteiger partial charge in [-0.05, 0) is 25.7 Å². The molecular formula is C13H24N2O2. The average molecular weight is 240 g/mol. The number of ether oxygens (including phenoxy) is 1. The summed E-state index contributed by atoms with van der Waals surface area (Å²) in [6.07, 6.45) is 7.75. The van der Waals surface area contributed by atoms with Crippen LogP contribution in [0.5, 0.6) is 0 Å². The summed E-state index contributed by atoms with van der Waals surface area (Å²) < 4.78 is 5.68. The van der Waals surface area contributed by atoms with Crippen molar-refractivity contribution >= 4 is 5.91 Å². The van der Waals surface area contributed by atoms with Crippen molar-refractivity contribution in [3.8, 4) is 0 Å². The summed E-state index contributed by atoms with van der Waals surface area (Å²) in [6, 6.07) is 0. The van der Waals surface area contributed by atoms with E-state index in [0.717, 1.165) is 38.8 Å². The van der Waals surface area contributed by atoms with Gasteiger partial charge in [0.25, 0.3) is 5.91 Å². The highest BCUT2D eigenvalue weighted by molar-refractivity contribution is 5.81. The number of hydrogen-bond acceptors (Lipinski definition) is 3. The molecule has 0 spiro atoms. The number of hydrogen-bond donors (Lipinski definition) is 1. The van der Waals surface area contributed by atoms with E-state index in [1.807, 2.05) is 4.90 Å². The summed E-state index contributed by atoms with van der Waals surface area (Å²) in [5.74, 6) is 0.197. The van der Waals surface area contributed by atoms with Crippen LogP contribution in [0.3, 0.4) is 0 Å². The molecule has 2 aliphatic heterocycles. The average Bonchev–Trinajstić information content (AvgIpc) is 2.76. The molecule has 0 aromatic rings. The predicted octanol–water partition coefficient (Wildman–Crippen LogP) is 1.29. The minimum atomic E-state index is -0.219. The van der Waals surface area contributed by atoms with Crippen LogP contribution in [0.15, 0.2) is 0 Å². The van der Waals surface area contributed by atoms with Gasteiger partial charge >= 0.3 is 0 Å². The molecule has 0 bridgehead atoms. The summed E-state index contributed by atoms with van der Waals surface area (Å²) in [4.78, 5) is 14.3. The Hall–Kier alpha value is -0.610. The normalized spacial score (nSPS) is 31.0. The van der Waals surface area contributed by atoms with Gasteiger partial charge in [-0.2, -0.15) is 0 Å². The third-order valence-corrected chi connectivity index (χ3v) is 3.81.